The lowest BCUT2D eigenvalue weighted by molar-refractivity contribution is -0.0524. The monoisotopic (exact) mass is 349 g/mol. The summed E-state index contributed by atoms with van der Waals surface area (Å²) in [4.78, 5) is 0. The smallest absolute Gasteiger partial charge is 0.236 e. The van der Waals surface area contributed by atoms with Crippen LogP contribution >= 0.6 is 0 Å². The molecule has 1 aliphatic rings. The highest BCUT2D eigenvalue weighted by Crippen LogP contribution is 2.36. The summed E-state index contributed by atoms with van der Waals surface area (Å²) < 4.78 is 34.4. The third kappa shape index (κ3) is 3.79. The molecule has 0 bridgehead atoms. The molecule has 3 rings (SSSR count). The molecule has 1 N–H and O–H groups in total. The molecule has 0 aliphatic heterocycles. The topological polar surface area (TPSA) is 73.2 Å². The average Bonchev–Trinajstić information content (AvgIpc) is 2.92. The summed E-state index contributed by atoms with van der Waals surface area (Å²) in [6.07, 6.45) is 4.35. The number of sulfonamides is 1. The van der Waals surface area contributed by atoms with Crippen molar-refractivity contribution >= 4 is 15.8 Å². The molecule has 24 heavy (non-hydrogen) atoms. The van der Waals surface area contributed by atoms with E-state index in [1.165, 1.54) is 5.56 Å². The number of ether oxygens (including phenoxy) is 1. The van der Waals surface area contributed by atoms with E-state index in [-0.39, 0.29) is 5.75 Å². The summed E-state index contributed by atoms with van der Waals surface area (Å²) in [5, 5.41) is 4.32. The van der Waals surface area contributed by atoms with Crippen molar-refractivity contribution in [1.29, 1.82) is 0 Å². The fourth-order valence-electron chi connectivity index (χ4n) is 2.99. The Morgan fingerprint density at radius 3 is 2.67 bits per heavy atom. The summed E-state index contributed by atoms with van der Waals surface area (Å²) in [7, 11) is -1.91. The molecule has 1 saturated carbocycles. The van der Waals surface area contributed by atoms with E-state index in [0.717, 1.165) is 24.8 Å². The first-order chi connectivity index (χ1) is 11.4. The van der Waals surface area contributed by atoms with E-state index in [9.17, 15) is 8.42 Å². The van der Waals surface area contributed by atoms with Crippen molar-refractivity contribution in [2.45, 2.75) is 38.3 Å². The van der Waals surface area contributed by atoms with Crippen LogP contribution in [0.3, 0.4) is 0 Å². The van der Waals surface area contributed by atoms with Crippen LogP contribution in [0.1, 0.15) is 30.4 Å². The van der Waals surface area contributed by atoms with Crippen LogP contribution in [0.5, 0.6) is 0 Å². The van der Waals surface area contributed by atoms with E-state index < -0.39 is 15.6 Å². The predicted molar refractivity (Wildman–Crippen MR) is 93.5 cm³/mol. The minimum absolute atomic E-state index is 0.0266. The molecule has 2 aromatic rings. The van der Waals surface area contributed by atoms with Crippen LogP contribution in [0.2, 0.25) is 0 Å². The van der Waals surface area contributed by atoms with Gasteiger partial charge in [-0.2, -0.15) is 5.10 Å². The molecule has 0 saturated heterocycles. The predicted octanol–water partition coefficient (Wildman–Crippen LogP) is 2.55. The van der Waals surface area contributed by atoms with E-state index in [1.54, 1.807) is 24.1 Å². The Morgan fingerprint density at radius 1 is 1.29 bits per heavy atom. The Kier molecular flexibility index (Phi) is 4.64. The summed E-state index contributed by atoms with van der Waals surface area (Å²) >= 11 is 0. The summed E-state index contributed by atoms with van der Waals surface area (Å²) in [5.41, 5.74) is 1.81. The number of methoxy groups -OCH3 is 1. The van der Waals surface area contributed by atoms with Gasteiger partial charge in [0.1, 0.15) is 0 Å². The van der Waals surface area contributed by atoms with Gasteiger partial charge in [0.15, 0.2) is 5.82 Å². The van der Waals surface area contributed by atoms with Crippen LogP contribution in [-0.2, 0) is 21.3 Å². The SMILES string of the molecule is COC1(CS(=O)(=O)Nc2ccn(Cc3ccccc3C)n2)CCC1. The number of rotatable bonds is 7. The number of anilines is 1. The van der Waals surface area contributed by atoms with Gasteiger partial charge in [0.2, 0.25) is 10.0 Å². The molecule has 1 aliphatic carbocycles. The maximum atomic E-state index is 12.3. The zero-order chi connectivity index (χ0) is 17.2. The average molecular weight is 349 g/mol. The molecule has 1 fully saturated rings. The summed E-state index contributed by atoms with van der Waals surface area (Å²) in [6.45, 7) is 2.65. The van der Waals surface area contributed by atoms with Crippen molar-refractivity contribution in [1.82, 2.24) is 9.78 Å². The third-order valence-corrected chi connectivity index (χ3v) is 6.07. The third-order valence-electron chi connectivity index (χ3n) is 4.65. The van der Waals surface area contributed by atoms with E-state index in [4.69, 9.17) is 4.74 Å². The lowest BCUT2D eigenvalue weighted by atomic mass is 9.82. The van der Waals surface area contributed by atoms with Crippen LogP contribution in [0.4, 0.5) is 5.82 Å². The molecule has 0 amide bonds. The number of aromatic nitrogens is 2. The summed E-state index contributed by atoms with van der Waals surface area (Å²) in [5.74, 6) is 0.315. The maximum Gasteiger partial charge on any atom is 0.236 e. The van der Waals surface area contributed by atoms with Crippen LogP contribution in [0.15, 0.2) is 36.5 Å². The fraction of sp³-hybridized carbons (Fsp3) is 0.471. The van der Waals surface area contributed by atoms with Gasteiger partial charge in [0, 0.05) is 19.4 Å². The Balaban J connectivity index is 1.66. The zero-order valence-electron chi connectivity index (χ0n) is 14.0. The van der Waals surface area contributed by atoms with Crippen molar-refractivity contribution in [2.24, 2.45) is 0 Å². The highest BCUT2D eigenvalue weighted by molar-refractivity contribution is 7.92. The van der Waals surface area contributed by atoms with Crippen LogP contribution in [0.25, 0.3) is 0 Å². The number of hydrogen-bond acceptors (Lipinski definition) is 4. The molecule has 130 valence electrons. The van der Waals surface area contributed by atoms with Crippen molar-refractivity contribution < 1.29 is 13.2 Å². The number of nitrogens with zero attached hydrogens (tertiary/aromatic N) is 2. The minimum Gasteiger partial charge on any atom is -0.377 e. The second kappa shape index (κ2) is 6.57. The van der Waals surface area contributed by atoms with E-state index in [2.05, 4.69) is 9.82 Å². The lowest BCUT2D eigenvalue weighted by Crippen LogP contribution is -2.46. The number of benzene rings is 1. The van der Waals surface area contributed by atoms with Crippen LogP contribution in [-0.4, -0.2) is 36.7 Å². The largest absolute Gasteiger partial charge is 0.377 e. The van der Waals surface area contributed by atoms with E-state index >= 15 is 0 Å². The van der Waals surface area contributed by atoms with Gasteiger partial charge in [-0.3, -0.25) is 9.40 Å². The van der Waals surface area contributed by atoms with Crippen molar-refractivity contribution in [2.75, 3.05) is 17.6 Å². The van der Waals surface area contributed by atoms with Gasteiger partial charge in [-0.1, -0.05) is 24.3 Å². The molecule has 1 aromatic heterocycles. The normalized spacial score (nSPS) is 16.6. The van der Waals surface area contributed by atoms with Gasteiger partial charge < -0.3 is 4.74 Å². The molecule has 0 unspecified atom stereocenters. The standard InChI is InChI=1S/C17H23N3O3S/c1-14-6-3-4-7-15(14)12-20-11-8-16(18-20)19-24(21,22)13-17(23-2)9-5-10-17/h3-4,6-8,11H,5,9-10,12-13H2,1-2H3,(H,18,19). The molecule has 7 heteroatoms. The molecule has 1 aromatic carbocycles. The quantitative estimate of drug-likeness (QED) is 0.834. The first-order valence-corrected chi connectivity index (χ1v) is 9.70. The van der Waals surface area contributed by atoms with Gasteiger partial charge in [0.05, 0.1) is 17.9 Å². The highest BCUT2D eigenvalue weighted by Gasteiger charge is 2.41. The zero-order valence-corrected chi connectivity index (χ0v) is 14.8. The Hall–Kier alpha value is -1.86. The van der Waals surface area contributed by atoms with Crippen LogP contribution < -0.4 is 4.72 Å². The molecule has 0 spiro atoms. The van der Waals surface area contributed by atoms with Gasteiger partial charge in [-0.05, 0) is 37.3 Å². The molecule has 6 nitrogen and oxygen atoms in total. The molecular weight excluding hydrogens is 326 g/mol. The van der Waals surface area contributed by atoms with Crippen molar-refractivity contribution in [3.8, 4) is 0 Å². The minimum atomic E-state index is -3.48. The lowest BCUT2D eigenvalue weighted by Gasteiger charge is -2.39. The van der Waals surface area contributed by atoms with Gasteiger partial charge in [-0.15, -0.1) is 0 Å². The fourth-order valence-corrected chi connectivity index (χ4v) is 4.59. The first kappa shape index (κ1) is 17.0. The van der Waals surface area contributed by atoms with Crippen molar-refractivity contribution in [3.05, 3.63) is 47.7 Å². The van der Waals surface area contributed by atoms with Gasteiger partial charge in [0.25, 0.3) is 0 Å². The van der Waals surface area contributed by atoms with E-state index in [1.807, 2.05) is 31.2 Å². The van der Waals surface area contributed by atoms with Gasteiger partial charge in [-0.25, -0.2) is 8.42 Å². The molecule has 0 radical (unpaired) electrons. The van der Waals surface area contributed by atoms with E-state index in [0.29, 0.717) is 12.4 Å². The Labute approximate surface area is 142 Å². The molecular formula is C17H23N3O3S. The molecule has 0 atom stereocenters. The number of aryl methyl sites for hydroxylation is 1. The van der Waals surface area contributed by atoms with Crippen LogP contribution in [0, 0.1) is 6.92 Å². The highest BCUT2D eigenvalue weighted by atomic mass is 32.2. The van der Waals surface area contributed by atoms with Gasteiger partial charge >= 0.3 is 0 Å². The second-order valence-corrected chi connectivity index (χ2v) is 8.15. The Bertz CT molecular complexity index is 804. The molecule has 1 heterocycles. The Morgan fingerprint density at radius 2 is 2.04 bits per heavy atom. The summed E-state index contributed by atoms with van der Waals surface area (Å²) in [6, 6.07) is 9.74. The second-order valence-electron chi connectivity index (χ2n) is 6.43. The van der Waals surface area contributed by atoms with Crippen molar-refractivity contribution in [3.63, 3.8) is 0 Å². The number of nitrogens with one attached hydrogen (secondary N) is 1. The maximum absolute atomic E-state index is 12.3. The first-order valence-electron chi connectivity index (χ1n) is 8.05. The number of hydrogen-bond donors (Lipinski definition) is 1.